The van der Waals surface area contributed by atoms with Crippen molar-refractivity contribution in [2.75, 3.05) is 31.6 Å². The predicted molar refractivity (Wildman–Crippen MR) is 180 cm³/mol. The van der Waals surface area contributed by atoms with Crippen LogP contribution in [0.2, 0.25) is 5.02 Å². The molecule has 0 aromatic heterocycles. The molecule has 4 rings (SSSR count). The first-order valence-electron chi connectivity index (χ1n) is 14.8. The monoisotopic (exact) mass is 663 g/mol. The van der Waals surface area contributed by atoms with E-state index in [4.69, 9.17) is 21.1 Å². The number of para-hydroxylation sites is 1. The lowest BCUT2D eigenvalue weighted by molar-refractivity contribution is -0.140. The van der Waals surface area contributed by atoms with Crippen LogP contribution < -0.4 is 19.1 Å². The minimum absolute atomic E-state index is 0.0193. The number of nitrogens with one attached hydrogen (secondary N) is 1. The first-order valence-corrected chi connectivity index (χ1v) is 16.7. The maximum absolute atomic E-state index is 14.5. The number of benzene rings is 4. The second-order valence-corrected chi connectivity index (χ2v) is 12.7. The molecule has 0 radical (unpaired) electrons. The van der Waals surface area contributed by atoms with E-state index in [0.29, 0.717) is 29.3 Å². The summed E-state index contributed by atoms with van der Waals surface area (Å²) in [5.74, 6) is -0.351. The number of anilines is 1. The van der Waals surface area contributed by atoms with Gasteiger partial charge in [-0.3, -0.25) is 13.9 Å². The van der Waals surface area contributed by atoms with Crippen molar-refractivity contribution in [2.24, 2.45) is 0 Å². The van der Waals surface area contributed by atoms with Crippen molar-refractivity contribution in [2.45, 2.75) is 37.2 Å². The van der Waals surface area contributed by atoms with E-state index in [9.17, 15) is 18.0 Å². The number of amides is 2. The summed E-state index contributed by atoms with van der Waals surface area (Å²) >= 11 is 6.54. The molecule has 11 heteroatoms. The first-order chi connectivity index (χ1) is 22.2. The SMILES string of the molecule is CCCNC(=O)C(Cc1ccccc1)N(Cc1ccccc1Cl)C(=O)CN(c1ccccc1)S(=O)(=O)c1ccc(OC)c(OC)c1. The van der Waals surface area contributed by atoms with Crippen LogP contribution in [0.15, 0.2) is 108 Å². The molecule has 1 N–H and O–H groups in total. The fourth-order valence-corrected chi connectivity index (χ4v) is 6.58. The van der Waals surface area contributed by atoms with Gasteiger partial charge in [-0.05, 0) is 47.9 Å². The Morgan fingerprint density at radius 2 is 1.48 bits per heavy atom. The summed E-state index contributed by atoms with van der Waals surface area (Å²) in [6.07, 6.45) is 0.911. The molecule has 0 aliphatic carbocycles. The lowest BCUT2D eigenvalue weighted by Gasteiger charge is -2.34. The molecule has 46 heavy (non-hydrogen) atoms. The van der Waals surface area contributed by atoms with E-state index >= 15 is 0 Å². The summed E-state index contributed by atoms with van der Waals surface area (Å²) in [4.78, 5) is 29.6. The van der Waals surface area contributed by atoms with Gasteiger partial charge in [0, 0.05) is 30.6 Å². The molecular formula is C35H38ClN3O6S. The van der Waals surface area contributed by atoms with Gasteiger partial charge < -0.3 is 19.7 Å². The number of methoxy groups -OCH3 is 2. The van der Waals surface area contributed by atoms with E-state index in [1.165, 1.54) is 37.3 Å². The van der Waals surface area contributed by atoms with Crippen LogP contribution in [-0.4, -0.2) is 58.5 Å². The van der Waals surface area contributed by atoms with Crippen LogP contribution in [0.25, 0.3) is 0 Å². The number of carbonyl (C=O) groups is 2. The molecule has 4 aromatic carbocycles. The second-order valence-electron chi connectivity index (χ2n) is 10.5. The Hall–Kier alpha value is -4.54. The third-order valence-electron chi connectivity index (χ3n) is 7.38. The van der Waals surface area contributed by atoms with Crippen molar-refractivity contribution in [3.05, 3.63) is 119 Å². The average Bonchev–Trinajstić information content (AvgIpc) is 3.08. The van der Waals surface area contributed by atoms with Gasteiger partial charge >= 0.3 is 0 Å². The number of sulfonamides is 1. The van der Waals surface area contributed by atoms with E-state index in [-0.39, 0.29) is 35.2 Å². The Morgan fingerprint density at radius 1 is 0.848 bits per heavy atom. The summed E-state index contributed by atoms with van der Waals surface area (Å²) < 4.78 is 40.2. The molecule has 4 aromatic rings. The van der Waals surface area contributed by atoms with Gasteiger partial charge in [0.15, 0.2) is 11.5 Å². The standard InChI is InChI=1S/C35H38ClN3O6S/c1-4-21-37-35(41)31(22-26-13-7-5-8-14-26)38(24-27-15-11-12-18-30(27)36)34(40)25-39(28-16-9-6-10-17-28)46(42,43)29-19-20-32(44-2)33(23-29)45-3/h5-20,23,31H,4,21-22,24-25H2,1-3H3,(H,37,41). The van der Waals surface area contributed by atoms with E-state index < -0.39 is 28.5 Å². The van der Waals surface area contributed by atoms with Crippen LogP contribution in [0.4, 0.5) is 5.69 Å². The minimum Gasteiger partial charge on any atom is -0.493 e. The van der Waals surface area contributed by atoms with Crippen LogP contribution in [0.1, 0.15) is 24.5 Å². The van der Waals surface area contributed by atoms with Crippen molar-refractivity contribution in [3.8, 4) is 11.5 Å². The zero-order chi connectivity index (χ0) is 33.1. The van der Waals surface area contributed by atoms with Gasteiger partial charge in [0.25, 0.3) is 10.0 Å². The fraction of sp³-hybridized carbons (Fsp3) is 0.257. The van der Waals surface area contributed by atoms with Gasteiger partial charge in [0.2, 0.25) is 11.8 Å². The van der Waals surface area contributed by atoms with E-state index in [1.807, 2.05) is 37.3 Å². The Kier molecular flexibility index (Phi) is 12.1. The summed E-state index contributed by atoms with van der Waals surface area (Å²) in [7, 11) is -1.45. The van der Waals surface area contributed by atoms with Crippen molar-refractivity contribution >= 4 is 39.1 Å². The van der Waals surface area contributed by atoms with Gasteiger partial charge in [0.1, 0.15) is 12.6 Å². The number of carbonyl (C=O) groups excluding carboxylic acids is 2. The van der Waals surface area contributed by atoms with Gasteiger partial charge in [-0.15, -0.1) is 0 Å². The molecule has 0 saturated carbocycles. The van der Waals surface area contributed by atoms with Gasteiger partial charge in [-0.25, -0.2) is 8.42 Å². The van der Waals surface area contributed by atoms with Crippen molar-refractivity contribution in [1.82, 2.24) is 10.2 Å². The van der Waals surface area contributed by atoms with Crippen LogP contribution in [0.5, 0.6) is 11.5 Å². The third-order valence-corrected chi connectivity index (χ3v) is 9.52. The number of rotatable bonds is 15. The average molecular weight is 664 g/mol. The van der Waals surface area contributed by atoms with Gasteiger partial charge in [-0.1, -0.05) is 85.3 Å². The predicted octanol–water partition coefficient (Wildman–Crippen LogP) is 5.72. The Morgan fingerprint density at radius 3 is 2.11 bits per heavy atom. The fourth-order valence-electron chi connectivity index (χ4n) is 4.96. The summed E-state index contributed by atoms with van der Waals surface area (Å²) in [6.45, 7) is 1.75. The molecule has 0 fully saturated rings. The highest BCUT2D eigenvalue weighted by Crippen LogP contribution is 2.32. The normalized spacial score (nSPS) is 11.7. The molecule has 0 bridgehead atoms. The van der Waals surface area contributed by atoms with Crippen LogP contribution in [-0.2, 0) is 32.6 Å². The first kappa shape index (κ1) is 34.3. The highest BCUT2D eigenvalue weighted by atomic mass is 35.5. The summed E-state index contributed by atoms with van der Waals surface area (Å²) in [5.41, 5.74) is 1.74. The molecule has 0 aliphatic heterocycles. The van der Waals surface area contributed by atoms with Crippen molar-refractivity contribution < 1.29 is 27.5 Å². The number of nitrogens with zero attached hydrogens (tertiary/aromatic N) is 2. The largest absolute Gasteiger partial charge is 0.493 e. The quantitative estimate of drug-likeness (QED) is 0.175. The molecule has 9 nitrogen and oxygen atoms in total. The number of halogens is 1. The summed E-state index contributed by atoms with van der Waals surface area (Å²) in [5, 5.41) is 3.35. The zero-order valence-corrected chi connectivity index (χ0v) is 27.6. The zero-order valence-electron chi connectivity index (χ0n) is 26.1. The van der Waals surface area contributed by atoms with E-state index in [0.717, 1.165) is 9.87 Å². The Labute approximate surface area is 275 Å². The lowest BCUT2D eigenvalue weighted by Crippen LogP contribution is -2.53. The maximum Gasteiger partial charge on any atom is 0.264 e. The van der Waals surface area contributed by atoms with Crippen molar-refractivity contribution in [3.63, 3.8) is 0 Å². The van der Waals surface area contributed by atoms with Gasteiger partial charge in [-0.2, -0.15) is 0 Å². The van der Waals surface area contributed by atoms with E-state index in [2.05, 4.69) is 5.32 Å². The molecule has 0 saturated heterocycles. The molecule has 2 amide bonds. The van der Waals surface area contributed by atoms with Crippen LogP contribution >= 0.6 is 11.6 Å². The number of hydrogen-bond donors (Lipinski definition) is 1. The Bertz CT molecular complexity index is 1720. The molecule has 0 spiro atoms. The smallest absolute Gasteiger partial charge is 0.264 e. The molecule has 0 heterocycles. The number of ether oxygens (including phenoxy) is 2. The molecule has 242 valence electrons. The molecular weight excluding hydrogens is 626 g/mol. The highest BCUT2D eigenvalue weighted by molar-refractivity contribution is 7.92. The highest BCUT2D eigenvalue weighted by Gasteiger charge is 2.35. The van der Waals surface area contributed by atoms with Gasteiger partial charge in [0.05, 0.1) is 24.8 Å². The molecule has 1 unspecified atom stereocenters. The number of hydrogen-bond acceptors (Lipinski definition) is 6. The Balaban J connectivity index is 1.81. The topological polar surface area (TPSA) is 105 Å². The second kappa shape index (κ2) is 16.1. The molecule has 0 aliphatic rings. The lowest BCUT2D eigenvalue weighted by atomic mass is 10.0. The van der Waals surface area contributed by atoms with Crippen LogP contribution in [0, 0.1) is 0 Å². The van der Waals surface area contributed by atoms with Crippen molar-refractivity contribution in [1.29, 1.82) is 0 Å². The van der Waals surface area contributed by atoms with Crippen LogP contribution in [0.3, 0.4) is 0 Å². The van der Waals surface area contributed by atoms with E-state index in [1.54, 1.807) is 54.6 Å². The third kappa shape index (κ3) is 8.38. The summed E-state index contributed by atoms with van der Waals surface area (Å²) in [6, 6.07) is 28.1. The minimum atomic E-state index is -4.32. The molecule has 1 atom stereocenters. The maximum atomic E-state index is 14.5.